The van der Waals surface area contributed by atoms with Crippen LogP contribution in [-0.2, 0) is 16.6 Å². The van der Waals surface area contributed by atoms with Crippen LogP contribution in [0.2, 0.25) is 0 Å². The molecule has 4 nitrogen and oxygen atoms in total. The average molecular weight is 271 g/mol. The number of carboxylic acid groups (broad SMARTS) is 1. The highest BCUT2D eigenvalue weighted by Crippen LogP contribution is 2.48. The van der Waals surface area contributed by atoms with Crippen molar-refractivity contribution in [2.24, 2.45) is 0 Å². The predicted molar refractivity (Wildman–Crippen MR) is 69.9 cm³/mol. The SMILES string of the molecule is O=C(O)[C@@H]1CCCN1P(O)(=S)c1ccccc1. The van der Waals surface area contributed by atoms with Crippen LogP contribution in [-0.4, -0.2) is 33.2 Å². The van der Waals surface area contributed by atoms with Gasteiger partial charge in [-0.1, -0.05) is 30.3 Å². The molecule has 0 bridgehead atoms. The fourth-order valence-electron chi connectivity index (χ4n) is 2.10. The van der Waals surface area contributed by atoms with Crippen LogP contribution < -0.4 is 5.30 Å². The minimum Gasteiger partial charge on any atom is -0.480 e. The largest absolute Gasteiger partial charge is 0.480 e. The molecule has 1 saturated heterocycles. The third-order valence-electron chi connectivity index (χ3n) is 2.95. The molecule has 0 amide bonds. The average Bonchev–Trinajstić information content (AvgIpc) is 2.80. The Morgan fingerprint density at radius 3 is 2.65 bits per heavy atom. The third-order valence-corrected chi connectivity index (χ3v) is 6.36. The maximum absolute atomic E-state index is 11.1. The molecule has 2 N–H and O–H groups in total. The standard InChI is InChI=1S/C11H14NO3PS/c13-11(14)10-7-4-8-12(10)16(15,17)9-5-2-1-3-6-9/h1-3,5-6,10H,4,7-8H2,(H,13,14)(H,15,17)/t10-,16?/m0/s1. The molecule has 92 valence electrons. The molecule has 0 radical (unpaired) electrons. The Kier molecular flexibility index (Phi) is 3.64. The molecule has 0 saturated carbocycles. The van der Waals surface area contributed by atoms with Gasteiger partial charge in [0.05, 0.1) is 0 Å². The van der Waals surface area contributed by atoms with Crippen molar-refractivity contribution >= 4 is 29.5 Å². The number of carboxylic acids is 1. The highest BCUT2D eigenvalue weighted by atomic mass is 32.4. The van der Waals surface area contributed by atoms with E-state index in [2.05, 4.69) is 0 Å². The molecule has 1 aromatic rings. The number of rotatable bonds is 3. The maximum atomic E-state index is 11.1. The van der Waals surface area contributed by atoms with E-state index in [1.165, 1.54) is 0 Å². The molecule has 1 heterocycles. The van der Waals surface area contributed by atoms with Crippen LogP contribution >= 0.6 is 6.42 Å². The molecule has 1 aromatic carbocycles. The van der Waals surface area contributed by atoms with Crippen molar-refractivity contribution in [1.29, 1.82) is 0 Å². The number of aliphatic carboxylic acids is 1. The first-order valence-corrected chi connectivity index (χ1v) is 8.12. The monoisotopic (exact) mass is 271 g/mol. The summed E-state index contributed by atoms with van der Waals surface area (Å²) in [6.45, 7) is 0.555. The van der Waals surface area contributed by atoms with Gasteiger partial charge in [-0.3, -0.25) is 4.79 Å². The second-order valence-electron chi connectivity index (χ2n) is 4.04. The topological polar surface area (TPSA) is 60.8 Å². The van der Waals surface area contributed by atoms with Crippen molar-refractivity contribution in [1.82, 2.24) is 4.67 Å². The van der Waals surface area contributed by atoms with E-state index < -0.39 is 18.4 Å². The van der Waals surface area contributed by atoms with Gasteiger partial charge in [0.15, 0.2) is 6.42 Å². The molecule has 2 rings (SSSR count). The first kappa shape index (κ1) is 12.7. The van der Waals surface area contributed by atoms with Crippen LogP contribution in [0, 0.1) is 0 Å². The van der Waals surface area contributed by atoms with Gasteiger partial charge < -0.3 is 10.00 Å². The van der Waals surface area contributed by atoms with Gasteiger partial charge in [-0.05, 0) is 24.6 Å². The van der Waals surface area contributed by atoms with Gasteiger partial charge in [0, 0.05) is 11.8 Å². The Labute approximate surface area is 105 Å². The van der Waals surface area contributed by atoms with Gasteiger partial charge in [-0.15, -0.1) is 0 Å². The molecule has 1 unspecified atom stereocenters. The number of nitrogens with zero attached hydrogens (tertiary/aromatic N) is 1. The fourth-order valence-corrected chi connectivity index (χ4v) is 4.91. The van der Waals surface area contributed by atoms with E-state index in [1.807, 2.05) is 6.07 Å². The lowest BCUT2D eigenvalue weighted by Gasteiger charge is -2.30. The number of hydrogen-bond acceptors (Lipinski definition) is 2. The summed E-state index contributed by atoms with van der Waals surface area (Å²) in [5.74, 6) is -0.901. The van der Waals surface area contributed by atoms with Gasteiger partial charge in [-0.2, -0.15) is 0 Å². The summed E-state index contributed by atoms with van der Waals surface area (Å²) < 4.78 is 1.58. The molecule has 0 aliphatic carbocycles. The summed E-state index contributed by atoms with van der Waals surface area (Å²) in [6, 6.07) is 8.33. The molecule has 6 heteroatoms. The zero-order chi connectivity index (χ0) is 12.5. The molecule has 2 atom stereocenters. The van der Waals surface area contributed by atoms with Crippen molar-refractivity contribution in [2.75, 3.05) is 6.54 Å². The van der Waals surface area contributed by atoms with Crippen molar-refractivity contribution in [3.8, 4) is 0 Å². The van der Waals surface area contributed by atoms with Gasteiger partial charge in [0.2, 0.25) is 0 Å². The van der Waals surface area contributed by atoms with Gasteiger partial charge >= 0.3 is 5.97 Å². The van der Waals surface area contributed by atoms with Crippen molar-refractivity contribution < 1.29 is 14.8 Å². The van der Waals surface area contributed by atoms with Crippen molar-refractivity contribution in [2.45, 2.75) is 18.9 Å². The molecule has 0 aromatic heterocycles. The predicted octanol–water partition coefficient (Wildman–Crippen LogP) is 1.16. The second kappa shape index (κ2) is 4.86. The van der Waals surface area contributed by atoms with Crippen molar-refractivity contribution in [3.05, 3.63) is 30.3 Å². The van der Waals surface area contributed by atoms with Crippen LogP contribution in [0.3, 0.4) is 0 Å². The fraction of sp³-hybridized carbons (Fsp3) is 0.364. The van der Waals surface area contributed by atoms with E-state index in [0.717, 1.165) is 6.42 Å². The van der Waals surface area contributed by atoms with E-state index in [0.29, 0.717) is 18.3 Å². The summed E-state index contributed by atoms with van der Waals surface area (Å²) in [5, 5.41) is 9.77. The van der Waals surface area contributed by atoms with E-state index in [4.69, 9.17) is 16.9 Å². The van der Waals surface area contributed by atoms with Crippen LogP contribution in [0.15, 0.2) is 30.3 Å². The third kappa shape index (κ3) is 2.43. The van der Waals surface area contributed by atoms with Gasteiger partial charge in [0.25, 0.3) is 0 Å². The summed E-state index contributed by atoms with van der Waals surface area (Å²) in [6.07, 6.45) is -1.59. The number of benzene rings is 1. The van der Waals surface area contributed by atoms with Gasteiger partial charge in [-0.25, -0.2) is 4.67 Å². The quantitative estimate of drug-likeness (QED) is 0.808. The second-order valence-corrected chi connectivity index (χ2v) is 7.68. The van der Waals surface area contributed by atoms with Gasteiger partial charge in [0.1, 0.15) is 6.04 Å². The Hall–Kier alpha value is -0.740. The van der Waals surface area contributed by atoms with Crippen molar-refractivity contribution in [3.63, 3.8) is 0 Å². The summed E-state index contributed by atoms with van der Waals surface area (Å²) in [7, 11) is 0. The first-order valence-electron chi connectivity index (χ1n) is 5.42. The van der Waals surface area contributed by atoms with E-state index in [-0.39, 0.29) is 0 Å². The molecule has 1 fully saturated rings. The van der Waals surface area contributed by atoms with Crippen LogP contribution in [0.1, 0.15) is 12.8 Å². The van der Waals surface area contributed by atoms with Crippen LogP contribution in [0.4, 0.5) is 0 Å². The molecular formula is C11H14NO3PS. The first-order chi connectivity index (χ1) is 8.03. The Morgan fingerprint density at radius 2 is 2.06 bits per heavy atom. The Balaban J connectivity index is 2.33. The Morgan fingerprint density at radius 1 is 1.41 bits per heavy atom. The minimum absolute atomic E-state index is 0.555. The highest BCUT2D eigenvalue weighted by Gasteiger charge is 2.39. The Bertz CT molecular complexity index is 465. The lowest BCUT2D eigenvalue weighted by molar-refractivity contribution is -0.140. The summed E-state index contributed by atoms with van der Waals surface area (Å²) in [5.41, 5.74) is 0. The zero-order valence-corrected chi connectivity index (χ0v) is 10.9. The summed E-state index contributed by atoms with van der Waals surface area (Å²) >= 11 is 5.30. The minimum atomic E-state index is -2.92. The van der Waals surface area contributed by atoms with Crippen LogP contribution in [0.25, 0.3) is 0 Å². The number of hydrogen-bond donors (Lipinski definition) is 2. The van der Waals surface area contributed by atoms with E-state index in [9.17, 15) is 9.69 Å². The smallest absolute Gasteiger partial charge is 0.321 e. The molecule has 1 aliphatic heterocycles. The molecule has 0 spiro atoms. The van der Waals surface area contributed by atoms with Crippen LogP contribution in [0.5, 0.6) is 0 Å². The lowest BCUT2D eigenvalue weighted by Crippen LogP contribution is -2.36. The molecule has 17 heavy (non-hydrogen) atoms. The molecule has 1 aliphatic rings. The lowest BCUT2D eigenvalue weighted by atomic mass is 10.2. The number of carbonyl (C=O) groups is 1. The van der Waals surface area contributed by atoms with E-state index in [1.54, 1.807) is 28.9 Å². The van der Waals surface area contributed by atoms with E-state index >= 15 is 0 Å². The highest BCUT2D eigenvalue weighted by molar-refractivity contribution is 8.14. The molecular weight excluding hydrogens is 257 g/mol. The maximum Gasteiger partial charge on any atom is 0.321 e. The zero-order valence-electron chi connectivity index (χ0n) is 9.19. The summed E-state index contributed by atoms with van der Waals surface area (Å²) in [4.78, 5) is 21.6. The normalized spacial score (nSPS) is 24.4.